The van der Waals surface area contributed by atoms with E-state index in [1.807, 2.05) is 11.5 Å². The topological polar surface area (TPSA) is 68.0 Å². The fourth-order valence-corrected chi connectivity index (χ4v) is 3.42. The Bertz CT molecular complexity index is 552. The monoisotopic (exact) mass is 311 g/mol. The molecule has 0 atom stereocenters. The summed E-state index contributed by atoms with van der Waals surface area (Å²) >= 11 is 3.00. The van der Waals surface area contributed by atoms with Crippen molar-refractivity contribution in [3.8, 4) is 0 Å². The zero-order chi connectivity index (χ0) is 14.4. The zero-order valence-electron chi connectivity index (χ0n) is 11.3. The first-order valence-electron chi connectivity index (χ1n) is 6.49. The van der Waals surface area contributed by atoms with Gasteiger partial charge in [-0.3, -0.25) is 4.79 Å². The van der Waals surface area contributed by atoms with Crippen LogP contribution in [0, 0.1) is 0 Å². The van der Waals surface area contributed by atoms with Crippen molar-refractivity contribution in [3.63, 3.8) is 0 Å². The summed E-state index contributed by atoms with van der Waals surface area (Å²) < 4.78 is 2.00. The molecular weight excluding hydrogens is 294 g/mol. The van der Waals surface area contributed by atoms with E-state index in [2.05, 4.69) is 27.7 Å². The number of carbonyl (C=O) groups is 1. The number of thiophene rings is 1. The van der Waals surface area contributed by atoms with E-state index in [1.165, 1.54) is 16.6 Å². The maximum absolute atomic E-state index is 10.6. The van der Waals surface area contributed by atoms with E-state index in [0.717, 1.165) is 31.6 Å². The Morgan fingerprint density at radius 2 is 2.30 bits per heavy atom. The number of carboxylic acids is 1. The number of thioether (sulfide) groups is 1. The minimum atomic E-state index is -0.833. The number of aliphatic carboxylic acids is 1. The second kappa shape index (κ2) is 7.44. The fourth-order valence-electron chi connectivity index (χ4n) is 1.93. The van der Waals surface area contributed by atoms with E-state index in [1.54, 1.807) is 11.3 Å². The molecule has 0 amide bonds. The van der Waals surface area contributed by atoms with Gasteiger partial charge in [0.2, 0.25) is 0 Å². The number of aromatic nitrogens is 3. The zero-order valence-corrected chi connectivity index (χ0v) is 12.9. The quantitative estimate of drug-likeness (QED) is 0.759. The number of rotatable bonds is 8. The molecule has 1 N–H and O–H groups in total. The van der Waals surface area contributed by atoms with E-state index in [9.17, 15) is 4.79 Å². The van der Waals surface area contributed by atoms with Crippen LogP contribution < -0.4 is 0 Å². The third-order valence-electron chi connectivity index (χ3n) is 2.84. The van der Waals surface area contributed by atoms with Crippen LogP contribution in [0.25, 0.3) is 0 Å². The van der Waals surface area contributed by atoms with Crippen LogP contribution in [0.1, 0.15) is 24.0 Å². The molecule has 2 rings (SSSR count). The van der Waals surface area contributed by atoms with Gasteiger partial charge in [0.15, 0.2) is 5.16 Å². The Labute approximate surface area is 126 Å². The van der Waals surface area contributed by atoms with Crippen LogP contribution in [0.15, 0.2) is 22.7 Å². The predicted octanol–water partition coefficient (Wildman–Crippen LogP) is 2.71. The van der Waals surface area contributed by atoms with Gasteiger partial charge >= 0.3 is 5.97 Å². The van der Waals surface area contributed by atoms with E-state index in [4.69, 9.17) is 5.11 Å². The summed E-state index contributed by atoms with van der Waals surface area (Å²) in [7, 11) is 0. The summed E-state index contributed by atoms with van der Waals surface area (Å²) in [5.74, 6) is 0.129. The van der Waals surface area contributed by atoms with Crippen molar-refractivity contribution < 1.29 is 9.90 Å². The highest BCUT2D eigenvalue weighted by Crippen LogP contribution is 2.18. The van der Waals surface area contributed by atoms with Crippen molar-refractivity contribution in [1.82, 2.24) is 14.8 Å². The molecule has 0 spiro atoms. The molecule has 108 valence electrons. The third-order valence-corrected chi connectivity index (χ3v) is 4.73. The van der Waals surface area contributed by atoms with Gasteiger partial charge in [0.25, 0.3) is 0 Å². The Kier molecular flexibility index (Phi) is 5.60. The average Bonchev–Trinajstić information content (AvgIpc) is 3.05. The van der Waals surface area contributed by atoms with E-state index in [-0.39, 0.29) is 5.75 Å². The maximum Gasteiger partial charge on any atom is 0.313 e. The van der Waals surface area contributed by atoms with Crippen molar-refractivity contribution in [2.45, 2.75) is 37.9 Å². The van der Waals surface area contributed by atoms with E-state index < -0.39 is 5.97 Å². The molecule has 0 aromatic carbocycles. The first-order valence-corrected chi connectivity index (χ1v) is 8.36. The molecule has 0 saturated carbocycles. The lowest BCUT2D eigenvalue weighted by molar-refractivity contribution is -0.133. The molecule has 0 radical (unpaired) electrons. The summed E-state index contributed by atoms with van der Waals surface area (Å²) in [6, 6.07) is 4.21. The molecule has 0 saturated heterocycles. The molecule has 2 heterocycles. The molecule has 2 aromatic heterocycles. The molecule has 7 heteroatoms. The molecule has 0 aliphatic carbocycles. The first kappa shape index (κ1) is 15.1. The second-order valence-electron chi connectivity index (χ2n) is 4.26. The molecule has 0 aliphatic heterocycles. The second-order valence-corrected chi connectivity index (χ2v) is 6.23. The maximum atomic E-state index is 10.6. The van der Waals surface area contributed by atoms with Crippen LogP contribution in [-0.4, -0.2) is 31.6 Å². The molecule has 2 aromatic rings. The molecule has 0 aliphatic rings. The van der Waals surface area contributed by atoms with Crippen LogP contribution in [0.3, 0.4) is 0 Å². The summed E-state index contributed by atoms with van der Waals surface area (Å²) in [5.41, 5.74) is 0. The molecule has 5 nitrogen and oxygen atoms in total. The van der Waals surface area contributed by atoms with Crippen molar-refractivity contribution in [2.24, 2.45) is 0 Å². The Morgan fingerprint density at radius 1 is 1.45 bits per heavy atom. The lowest BCUT2D eigenvalue weighted by Crippen LogP contribution is -2.05. The highest BCUT2D eigenvalue weighted by molar-refractivity contribution is 7.99. The fraction of sp³-hybridized carbons (Fsp3) is 0.462. The Balaban J connectivity index is 1.92. The molecule has 0 fully saturated rings. The van der Waals surface area contributed by atoms with Gasteiger partial charge in [0, 0.05) is 17.8 Å². The first-order chi connectivity index (χ1) is 9.70. The SMILES string of the molecule is CCn1c(CCCc2cccs2)nnc1SCC(=O)O. The van der Waals surface area contributed by atoms with Gasteiger partial charge in [-0.15, -0.1) is 21.5 Å². The van der Waals surface area contributed by atoms with Gasteiger partial charge < -0.3 is 9.67 Å². The lowest BCUT2D eigenvalue weighted by Gasteiger charge is -2.06. The molecule has 0 bridgehead atoms. The van der Waals surface area contributed by atoms with Crippen LogP contribution in [-0.2, 0) is 24.2 Å². The highest BCUT2D eigenvalue weighted by atomic mass is 32.2. The number of hydrogen-bond donors (Lipinski definition) is 1. The summed E-state index contributed by atoms with van der Waals surface area (Å²) in [5, 5.41) is 19.8. The minimum Gasteiger partial charge on any atom is -0.481 e. The van der Waals surface area contributed by atoms with E-state index in [0.29, 0.717) is 5.16 Å². The average molecular weight is 311 g/mol. The predicted molar refractivity (Wildman–Crippen MR) is 80.4 cm³/mol. The van der Waals surface area contributed by atoms with Crippen molar-refractivity contribution in [1.29, 1.82) is 0 Å². The summed E-state index contributed by atoms with van der Waals surface area (Å²) in [6.45, 7) is 2.79. The van der Waals surface area contributed by atoms with Crippen molar-refractivity contribution >= 4 is 29.1 Å². The molecule has 20 heavy (non-hydrogen) atoms. The normalized spacial score (nSPS) is 10.8. The number of aryl methyl sites for hydroxylation is 2. The smallest absolute Gasteiger partial charge is 0.313 e. The van der Waals surface area contributed by atoms with Crippen molar-refractivity contribution in [3.05, 3.63) is 28.2 Å². The molecular formula is C13H17N3O2S2. The van der Waals surface area contributed by atoms with E-state index >= 15 is 0 Å². The highest BCUT2D eigenvalue weighted by Gasteiger charge is 2.12. The van der Waals surface area contributed by atoms with Gasteiger partial charge in [-0.1, -0.05) is 17.8 Å². The van der Waals surface area contributed by atoms with Gasteiger partial charge in [0.05, 0.1) is 5.75 Å². The standard InChI is InChI=1S/C13H17N3O2S2/c1-2-16-11(7-3-5-10-6-4-8-19-10)14-15-13(16)20-9-12(17)18/h4,6,8H,2-3,5,7,9H2,1H3,(H,17,18). The number of carboxylic acid groups (broad SMARTS) is 1. The summed E-state index contributed by atoms with van der Waals surface area (Å²) in [6.07, 6.45) is 2.94. The van der Waals surface area contributed by atoms with Gasteiger partial charge in [-0.25, -0.2) is 0 Å². The largest absolute Gasteiger partial charge is 0.481 e. The van der Waals surface area contributed by atoms with Crippen LogP contribution in [0.2, 0.25) is 0 Å². The van der Waals surface area contributed by atoms with Gasteiger partial charge in [0.1, 0.15) is 5.82 Å². The minimum absolute atomic E-state index is 0.0212. The van der Waals surface area contributed by atoms with Crippen LogP contribution in [0.5, 0.6) is 0 Å². The van der Waals surface area contributed by atoms with Gasteiger partial charge in [-0.05, 0) is 31.2 Å². The van der Waals surface area contributed by atoms with Crippen LogP contribution in [0.4, 0.5) is 0 Å². The van der Waals surface area contributed by atoms with Gasteiger partial charge in [-0.2, -0.15) is 0 Å². The Morgan fingerprint density at radius 3 is 2.95 bits per heavy atom. The summed E-state index contributed by atoms with van der Waals surface area (Å²) in [4.78, 5) is 12.0. The lowest BCUT2D eigenvalue weighted by atomic mass is 10.2. The third kappa shape index (κ3) is 4.08. The molecule has 0 unspecified atom stereocenters. The Hall–Kier alpha value is -1.34. The number of hydrogen-bond acceptors (Lipinski definition) is 5. The van der Waals surface area contributed by atoms with Crippen LogP contribution >= 0.6 is 23.1 Å². The number of nitrogens with zero attached hydrogens (tertiary/aromatic N) is 3. The van der Waals surface area contributed by atoms with Crippen molar-refractivity contribution in [2.75, 3.05) is 5.75 Å².